The molecule has 1 atom stereocenters. The van der Waals surface area contributed by atoms with Gasteiger partial charge in [-0.3, -0.25) is 4.79 Å². The van der Waals surface area contributed by atoms with Crippen LogP contribution in [0.1, 0.15) is 32.6 Å². The number of hydrogen-bond donors (Lipinski definition) is 1. The summed E-state index contributed by atoms with van der Waals surface area (Å²) in [4.78, 5) is 16.4. The Kier molecular flexibility index (Phi) is 6.92. The molecule has 1 rings (SSSR count). The maximum atomic E-state index is 11.8. The van der Waals surface area contributed by atoms with Crippen molar-refractivity contribution in [2.45, 2.75) is 44.2 Å². The summed E-state index contributed by atoms with van der Waals surface area (Å²) >= 11 is 0. The molecule has 1 N–H and O–H groups in total. The Labute approximate surface area is 123 Å². The van der Waals surface area contributed by atoms with Crippen molar-refractivity contribution in [3.8, 4) is 0 Å². The second-order valence-electron chi connectivity index (χ2n) is 6.20. The number of carbonyl (C=O) groups is 1. The minimum absolute atomic E-state index is 0.169. The first kappa shape index (κ1) is 17.4. The third-order valence-electron chi connectivity index (χ3n) is 4.42. The van der Waals surface area contributed by atoms with E-state index in [1.165, 1.54) is 26.4 Å². The molecule has 0 spiro atoms. The van der Waals surface area contributed by atoms with Gasteiger partial charge in [-0.1, -0.05) is 6.92 Å². The zero-order valence-corrected chi connectivity index (χ0v) is 13.7. The van der Waals surface area contributed by atoms with Crippen LogP contribution < -0.4 is 5.32 Å². The first-order valence-electron chi connectivity index (χ1n) is 7.62. The van der Waals surface area contributed by atoms with E-state index in [1.807, 2.05) is 0 Å². The lowest BCUT2D eigenvalue weighted by atomic mass is 9.75. The Morgan fingerprint density at radius 2 is 2.00 bits per heavy atom. The van der Waals surface area contributed by atoms with Gasteiger partial charge in [0.05, 0.1) is 7.11 Å². The third-order valence-corrected chi connectivity index (χ3v) is 4.42. The fraction of sp³-hybridized carbons (Fsp3) is 0.933. The molecule has 0 saturated heterocycles. The van der Waals surface area contributed by atoms with Gasteiger partial charge in [-0.15, -0.1) is 0 Å². The molecule has 0 aliphatic heterocycles. The van der Waals surface area contributed by atoms with Crippen molar-refractivity contribution < 1.29 is 9.53 Å². The molecular formula is C15H31N3O2. The highest BCUT2D eigenvalue weighted by Gasteiger charge is 2.40. The molecule has 0 aromatic carbocycles. The summed E-state index contributed by atoms with van der Waals surface area (Å²) in [6, 6.07) is -0.232. The minimum Gasteiger partial charge on any atom is -0.468 e. The Morgan fingerprint density at radius 3 is 2.40 bits per heavy atom. The summed E-state index contributed by atoms with van der Waals surface area (Å²) < 4.78 is 4.89. The van der Waals surface area contributed by atoms with Crippen molar-refractivity contribution in [3.63, 3.8) is 0 Å². The van der Waals surface area contributed by atoms with Crippen LogP contribution in [0.3, 0.4) is 0 Å². The van der Waals surface area contributed by atoms with Crippen molar-refractivity contribution in [2.75, 3.05) is 47.9 Å². The number of hydrogen-bond acceptors (Lipinski definition) is 5. The van der Waals surface area contributed by atoms with Gasteiger partial charge in [-0.05, 0) is 53.4 Å². The lowest BCUT2D eigenvalue weighted by Crippen LogP contribution is -2.58. The molecule has 5 nitrogen and oxygen atoms in total. The van der Waals surface area contributed by atoms with E-state index in [4.69, 9.17) is 4.74 Å². The molecule has 0 aromatic heterocycles. The van der Waals surface area contributed by atoms with Crippen LogP contribution in [-0.4, -0.2) is 75.2 Å². The molecule has 0 amide bonds. The number of esters is 1. The van der Waals surface area contributed by atoms with Gasteiger partial charge in [0.2, 0.25) is 0 Å². The molecular weight excluding hydrogens is 254 g/mol. The Balaban J connectivity index is 2.52. The normalized spacial score (nSPS) is 18.9. The maximum Gasteiger partial charge on any atom is 0.324 e. The summed E-state index contributed by atoms with van der Waals surface area (Å²) in [5, 5.41) is 3.27. The maximum absolute atomic E-state index is 11.8. The van der Waals surface area contributed by atoms with Gasteiger partial charge in [-0.2, -0.15) is 0 Å². The monoisotopic (exact) mass is 285 g/mol. The quantitative estimate of drug-likeness (QED) is 0.639. The van der Waals surface area contributed by atoms with Gasteiger partial charge in [-0.25, -0.2) is 0 Å². The van der Waals surface area contributed by atoms with E-state index < -0.39 is 0 Å². The highest BCUT2D eigenvalue weighted by Crippen LogP contribution is 2.36. The SMILES string of the molecule is CCCNC(CN(C)CC1(N(C)C)CCC1)C(=O)OC. The van der Waals surface area contributed by atoms with E-state index in [0.717, 1.165) is 19.5 Å². The first-order chi connectivity index (χ1) is 9.45. The number of nitrogens with zero attached hydrogens (tertiary/aromatic N) is 2. The number of carbonyl (C=O) groups excluding carboxylic acids is 1. The fourth-order valence-corrected chi connectivity index (χ4v) is 2.89. The summed E-state index contributed by atoms with van der Waals surface area (Å²) in [6.07, 6.45) is 4.81. The molecule has 20 heavy (non-hydrogen) atoms. The summed E-state index contributed by atoms with van der Waals surface area (Å²) in [5.41, 5.74) is 0.292. The Bertz CT molecular complexity index is 303. The standard InChI is InChI=1S/C15H31N3O2/c1-6-10-16-13(14(19)20-5)11-18(4)12-15(17(2)3)8-7-9-15/h13,16H,6-12H2,1-5H3. The van der Waals surface area contributed by atoms with Crippen LogP contribution in [0.25, 0.3) is 0 Å². The fourth-order valence-electron chi connectivity index (χ4n) is 2.89. The zero-order chi connectivity index (χ0) is 15.2. The average molecular weight is 285 g/mol. The van der Waals surface area contributed by atoms with Gasteiger partial charge in [0, 0.05) is 18.6 Å². The molecule has 1 fully saturated rings. The first-order valence-corrected chi connectivity index (χ1v) is 7.62. The lowest BCUT2D eigenvalue weighted by Gasteiger charge is -2.49. The number of ether oxygens (including phenoxy) is 1. The van der Waals surface area contributed by atoms with Crippen molar-refractivity contribution >= 4 is 5.97 Å². The van der Waals surface area contributed by atoms with Crippen LogP contribution in [0.5, 0.6) is 0 Å². The second kappa shape index (κ2) is 7.96. The smallest absolute Gasteiger partial charge is 0.324 e. The molecule has 1 saturated carbocycles. The highest BCUT2D eigenvalue weighted by atomic mass is 16.5. The molecule has 0 bridgehead atoms. The minimum atomic E-state index is -0.232. The third kappa shape index (κ3) is 4.43. The predicted octanol–water partition coefficient (Wildman–Crippen LogP) is 0.944. The Morgan fingerprint density at radius 1 is 1.35 bits per heavy atom. The van der Waals surface area contributed by atoms with Crippen molar-refractivity contribution in [2.24, 2.45) is 0 Å². The predicted molar refractivity (Wildman–Crippen MR) is 81.9 cm³/mol. The van der Waals surface area contributed by atoms with E-state index >= 15 is 0 Å². The molecule has 5 heteroatoms. The van der Waals surface area contributed by atoms with E-state index in [2.05, 4.69) is 43.2 Å². The molecule has 1 aliphatic carbocycles. The van der Waals surface area contributed by atoms with Crippen LogP contribution in [0, 0.1) is 0 Å². The van der Waals surface area contributed by atoms with Crippen molar-refractivity contribution in [1.29, 1.82) is 0 Å². The van der Waals surface area contributed by atoms with Crippen molar-refractivity contribution in [1.82, 2.24) is 15.1 Å². The van der Waals surface area contributed by atoms with Crippen LogP contribution in [0.4, 0.5) is 0 Å². The number of methoxy groups -OCH3 is 1. The average Bonchev–Trinajstić information content (AvgIpc) is 2.37. The molecule has 0 heterocycles. The number of likely N-dealkylation sites (N-methyl/N-ethyl adjacent to an activating group) is 2. The van der Waals surface area contributed by atoms with Crippen LogP contribution >= 0.6 is 0 Å². The van der Waals surface area contributed by atoms with Gasteiger partial charge < -0.3 is 19.9 Å². The number of rotatable bonds is 9. The van der Waals surface area contributed by atoms with E-state index in [0.29, 0.717) is 12.1 Å². The molecule has 1 unspecified atom stereocenters. The van der Waals surface area contributed by atoms with E-state index in [9.17, 15) is 4.79 Å². The van der Waals surface area contributed by atoms with Gasteiger partial charge in [0.15, 0.2) is 0 Å². The van der Waals surface area contributed by atoms with Crippen LogP contribution in [0.15, 0.2) is 0 Å². The molecule has 0 radical (unpaired) electrons. The van der Waals surface area contributed by atoms with Crippen molar-refractivity contribution in [3.05, 3.63) is 0 Å². The van der Waals surface area contributed by atoms with Crippen LogP contribution in [-0.2, 0) is 9.53 Å². The lowest BCUT2D eigenvalue weighted by molar-refractivity contribution is -0.143. The second-order valence-corrected chi connectivity index (χ2v) is 6.20. The summed E-state index contributed by atoms with van der Waals surface area (Å²) in [5.74, 6) is -0.169. The van der Waals surface area contributed by atoms with E-state index in [-0.39, 0.29) is 12.0 Å². The summed E-state index contributed by atoms with van der Waals surface area (Å²) in [6.45, 7) is 4.64. The topological polar surface area (TPSA) is 44.8 Å². The zero-order valence-electron chi connectivity index (χ0n) is 13.7. The molecule has 118 valence electrons. The largest absolute Gasteiger partial charge is 0.468 e. The Hall–Kier alpha value is -0.650. The van der Waals surface area contributed by atoms with Gasteiger partial charge >= 0.3 is 5.97 Å². The van der Waals surface area contributed by atoms with Gasteiger partial charge in [0.25, 0.3) is 0 Å². The number of nitrogens with one attached hydrogen (secondary N) is 1. The molecule has 1 aliphatic rings. The van der Waals surface area contributed by atoms with Crippen LogP contribution in [0.2, 0.25) is 0 Å². The van der Waals surface area contributed by atoms with E-state index in [1.54, 1.807) is 0 Å². The van der Waals surface area contributed by atoms with Gasteiger partial charge in [0.1, 0.15) is 6.04 Å². The summed E-state index contributed by atoms with van der Waals surface area (Å²) in [7, 11) is 7.85. The highest BCUT2D eigenvalue weighted by molar-refractivity contribution is 5.75. The molecule has 0 aromatic rings.